The number of aromatic nitrogens is 3. The zero-order chi connectivity index (χ0) is 13.9. The normalized spacial score (nSPS) is 11.9. The Morgan fingerprint density at radius 1 is 1.39 bits per heavy atom. The van der Waals surface area contributed by atoms with E-state index in [4.69, 9.17) is 1.37 Å². The van der Waals surface area contributed by atoms with Crippen molar-refractivity contribution in [2.75, 3.05) is 11.1 Å². The smallest absolute Gasteiger partial charge is 0.230 e. The summed E-state index contributed by atoms with van der Waals surface area (Å²) in [6.45, 7) is 1.59. The maximum absolute atomic E-state index is 11.8. The van der Waals surface area contributed by atoms with Crippen molar-refractivity contribution in [3.8, 4) is 0 Å². The van der Waals surface area contributed by atoms with Crippen molar-refractivity contribution in [1.29, 1.82) is 0 Å². The van der Waals surface area contributed by atoms with Gasteiger partial charge in [-0.3, -0.25) is 0 Å². The highest BCUT2D eigenvalue weighted by Gasteiger charge is 2.11. The van der Waals surface area contributed by atoms with Crippen LogP contribution in [0.15, 0.2) is 41.8 Å². The van der Waals surface area contributed by atoms with E-state index in [9.17, 15) is 8.42 Å². The summed E-state index contributed by atoms with van der Waals surface area (Å²) in [5.74, 6) is 0.241. The summed E-state index contributed by atoms with van der Waals surface area (Å²) >= 11 is 0. The maximum Gasteiger partial charge on any atom is 0.230 e. The molecule has 2 rings (SSSR count). The first-order chi connectivity index (χ1) is 9.01. The average Bonchev–Trinajstić information content (AvgIpc) is 2.39. The predicted molar refractivity (Wildman–Crippen MR) is 67.3 cm³/mol. The number of hydrogen-bond acceptors (Lipinski definition) is 6. The van der Waals surface area contributed by atoms with Gasteiger partial charge >= 0.3 is 0 Å². The second-order valence-corrected chi connectivity index (χ2v) is 5.74. The molecule has 0 aliphatic heterocycles. The Labute approximate surface area is 106 Å². The van der Waals surface area contributed by atoms with Gasteiger partial charge in [0.1, 0.15) is 14.0 Å². The summed E-state index contributed by atoms with van der Waals surface area (Å²) in [4.78, 5) is 11.4. The molecule has 0 bridgehead atoms. The van der Waals surface area contributed by atoms with E-state index < -0.39 is 9.84 Å². The fourth-order valence-corrected chi connectivity index (χ4v) is 2.26. The molecular formula is C11H12N4O2S. The molecule has 1 aromatic carbocycles. The molecule has 2 aromatic rings. The zero-order valence-electron chi connectivity index (χ0n) is 10.7. The second kappa shape index (κ2) is 5.09. The third-order valence-corrected chi connectivity index (χ3v) is 4.01. The molecule has 0 saturated carbocycles. The van der Waals surface area contributed by atoms with Crippen LogP contribution in [-0.4, -0.2) is 29.1 Å². The SMILES string of the molecule is [2H]c1ncnc(Nc2cccc(S(=O)(=O)CC)c2)n1. The van der Waals surface area contributed by atoms with Crippen LogP contribution in [0.3, 0.4) is 0 Å². The minimum absolute atomic E-state index is 0.0408. The molecule has 0 radical (unpaired) electrons. The van der Waals surface area contributed by atoms with Gasteiger partial charge in [-0.25, -0.2) is 23.4 Å². The second-order valence-electron chi connectivity index (χ2n) is 3.47. The summed E-state index contributed by atoms with van der Waals surface area (Å²) in [6, 6.07) is 6.37. The van der Waals surface area contributed by atoms with Crippen molar-refractivity contribution in [3.63, 3.8) is 0 Å². The molecule has 0 atom stereocenters. The Balaban J connectivity index is 2.30. The van der Waals surface area contributed by atoms with Gasteiger partial charge < -0.3 is 5.32 Å². The van der Waals surface area contributed by atoms with E-state index in [2.05, 4.69) is 20.3 Å². The van der Waals surface area contributed by atoms with Crippen LogP contribution in [0.5, 0.6) is 0 Å². The van der Waals surface area contributed by atoms with E-state index in [-0.39, 0.29) is 22.9 Å². The van der Waals surface area contributed by atoms with Gasteiger partial charge in [-0.15, -0.1) is 0 Å². The number of rotatable bonds is 4. The highest BCUT2D eigenvalue weighted by atomic mass is 32.2. The maximum atomic E-state index is 11.8. The minimum atomic E-state index is -3.25. The molecule has 0 saturated heterocycles. The topological polar surface area (TPSA) is 84.8 Å². The van der Waals surface area contributed by atoms with Gasteiger partial charge in [-0.05, 0) is 18.2 Å². The molecule has 1 N–H and O–H groups in total. The van der Waals surface area contributed by atoms with Gasteiger partial charge in [0.15, 0.2) is 9.84 Å². The Kier molecular flexibility index (Phi) is 3.14. The lowest BCUT2D eigenvalue weighted by atomic mass is 10.3. The first-order valence-corrected chi connectivity index (χ1v) is 6.92. The fourth-order valence-electron chi connectivity index (χ4n) is 1.34. The van der Waals surface area contributed by atoms with E-state index in [1.54, 1.807) is 19.1 Å². The highest BCUT2D eigenvalue weighted by molar-refractivity contribution is 7.91. The summed E-state index contributed by atoms with van der Waals surface area (Å²) in [5, 5.41) is 2.83. The molecule has 0 unspecified atom stereocenters. The summed E-state index contributed by atoms with van der Waals surface area (Å²) < 4.78 is 30.8. The predicted octanol–water partition coefficient (Wildman–Crippen LogP) is 1.41. The molecule has 1 aromatic heterocycles. The quantitative estimate of drug-likeness (QED) is 0.899. The molecule has 0 spiro atoms. The van der Waals surface area contributed by atoms with Crippen LogP contribution < -0.4 is 5.32 Å². The van der Waals surface area contributed by atoms with Crippen molar-refractivity contribution in [3.05, 3.63) is 36.9 Å². The van der Waals surface area contributed by atoms with Crippen molar-refractivity contribution < 1.29 is 9.79 Å². The lowest BCUT2D eigenvalue weighted by Gasteiger charge is -2.06. The summed E-state index contributed by atoms with van der Waals surface area (Å²) in [5.41, 5.74) is 0.542. The van der Waals surface area contributed by atoms with Crippen molar-refractivity contribution in [2.24, 2.45) is 0 Å². The molecular weight excluding hydrogens is 252 g/mol. The largest absolute Gasteiger partial charge is 0.324 e. The first-order valence-electron chi connectivity index (χ1n) is 5.77. The Hall–Kier alpha value is -2.02. The third kappa shape index (κ3) is 2.80. The van der Waals surface area contributed by atoms with Gasteiger partial charge in [0.05, 0.1) is 10.6 Å². The van der Waals surface area contributed by atoms with E-state index in [1.165, 1.54) is 18.5 Å². The van der Waals surface area contributed by atoms with Crippen LogP contribution >= 0.6 is 0 Å². The van der Waals surface area contributed by atoms with Gasteiger partial charge in [-0.1, -0.05) is 13.0 Å². The molecule has 1 heterocycles. The first kappa shape index (κ1) is 11.1. The van der Waals surface area contributed by atoms with Crippen molar-refractivity contribution in [1.82, 2.24) is 15.0 Å². The Bertz CT molecular complexity index is 691. The van der Waals surface area contributed by atoms with Gasteiger partial charge in [-0.2, -0.15) is 0 Å². The van der Waals surface area contributed by atoms with Crippen LogP contribution in [0.1, 0.15) is 8.29 Å². The molecule has 0 aliphatic rings. The zero-order valence-corrected chi connectivity index (χ0v) is 10.5. The number of sulfone groups is 1. The van der Waals surface area contributed by atoms with Gasteiger partial charge in [0, 0.05) is 5.69 Å². The number of nitrogens with zero attached hydrogens (tertiary/aromatic N) is 3. The van der Waals surface area contributed by atoms with E-state index in [0.717, 1.165) is 0 Å². The van der Waals surface area contributed by atoms with Crippen LogP contribution in [0.4, 0.5) is 11.6 Å². The Morgan fingerprint density at radius 3 is 2.94 bits per heavy atom. The monoisotopic (exact) mass is 265 g/mol. The van der Waals surface area contributed by atoms with Crippen LogP contribution in [0.25, 0.3) is 0 Å². The molecule has 6 nitrogen and oxygen atoms in total. The molecule has 0 aliphatic carbocycles. The number of nitrogens with one attached hydrogen (secondary N) is 1. The van der Waals surface area contributed by atoms with Crippen LogP contribution in [0, 0.1) is 0 Å². The molecule has 18 heavy (non-hydrogen) atoms. The number of anilines is 2. The molecule has 94 valence electrons. The van der Waals surface area contributed by atoms with Crippen LogP contribution in [-0.2, 0) is 9.84 Å². The Morgan fingerprint density at radius 2 is 2.22 bits per heavy atom. The lowest BCUT2D eigenvalue weighted by Crippen LogP contribution is -2.04. The van der Waals surface area contributed by atoms with Crippen molar-refractivity contribution in [2.45, 2.75) is 11.8 Å². The van der Waals surface area contributed by atoms with E-state index in [0.29, 0.717) is 5.69 Å². The standard InChI is InChI=1S/C11H12N4O2S/c1-2-18(16,17)10-5-3-4-9(6-10)15-11-13-7-12-8-14-11/h3-8H,2H2,1H3,(H,12,13,14,15)/i7D. The van der Waals surface area contributed by atoms with Gasteiger partial charge in [0.25, 0.3) is 0 Å². The molecule has 7 heteroatoms. The highest BCUT2D eigenvalue weighted by Crippen LogP contribution is 2.18. The lowest BCUT2D eigenvalue weighted by molar-refractivity contribution is 0.597. The molecule has 0 amide bonds. The van der Waals surface area contributed by atoms with E-state index in [1.807, 2.05) is 0 Å². The molecule has 0 fully saturated rings. The van der Waals surface area contributed by atoms with Crippen molar-refractivity contribution >= 4 is 21.5 Å². The summed E-state index contributed by atoms with van der Waals surface area (Å²) in [6.07, 6.45) is 1.06. The fraction of sp³-hybridized carbons (Fsp3) is 0.182. The van der Waals surface area contributed by atoms with Crippen LogP contribution in [0.2, 0.25) is 0 Å². The average molecular weight is 265 g/mol. The number of hydrogen-bond donors (Lipinski definition) is 1. The van der Waals surface area contributed by atoms with Gasteiger partial charge in [0.2, 0.25) is 5.95 Å². The minimum Gasteiger partial charge on any atom is -0.324 e. The third-order valence-electron chi connectivity index (χ3n) is 2.28. The number of benzene rings is 1. The van der Waals surface area contributed by atoms with E-state index >= 15 is 0 Å². The summed E-state index contributed by atoms with van der Waals surface area (Å²) in [7, 11) is -3.25.